The van der Waals surface area contributed by atoms with Crippen LogP contribution >= 0.6 is 12.4 Å². The topological polar surface area (TPSA) is 62.3 Å². The van der Waals surface area contributed by atoms with Crippen molar-refractivity contribution in [1.29, 1.82) is 0 Å². The van der Waals surface area contributed by atoms with Gasteiger partial charge in [-0.2, -0.15) is 0 Å². The number of amides is 1. The fraction of sp³-hybridized carbons (Fsp3) is 0.632. The minimum atomic E-state index is -0.336. The third-order valence-electron chi connectivity index (χ3n) is 5.92. The molecule has 0 aromatic carbocycles. The molecular formula is C19H26ClN3O2. The summed E-state index contributed by atoms with van der Waals surface area (Å²) >= 11 is 0. The number of pyridine rings is 1. The number of ketones is 1. The van der Waals surface area contributed by atoms with Gasteiger partial charge in [-0.15, -0.1) is 12.4 Å². The number of carbonyl (C=O) groups is 2. The van der Waals surface area contributed by atoms with Gasteiger partial charge in [-0.3, -0.25) is 14.6 Å². The van der Waals surface area contributed by atoms with E-state index in [9.17, 15) is 9.59 Å². The van der Waals surface area contributed by atoms with Gasteiger partial charge in [0.15, 0.2) is 0 Å². The summed E-state index contributed by atoms with van der Waals surface area (Å²) in [6.45, 7) is 0.690. The first kappa shape index (κ1) is 18.3. The molecule has 1 N–H and O–H groups in total. The van der Waals surface area contributed by atoms with Crippen molar-refractivity contribution in [3.63, 3.8) is 0 Å². The molecule has 0 spiro atoms. The first-order valence-corrected chi connectivity index (χ1v) is 9.26. The molecule has 1 aliphatic carbocycles. The average molecular weight is 364 g/mol. The normalized spacial score (nSPS) is 31.3. The summed E-state index contributed by atoms with van der Waals surface area (Å²) in [6.07, 6.45) is 9.19. The van der Waals surface area contributed by atoms with Gasteiger partial charge < -0.3 is 10.2 Å². The molecule has 0 unspecified atom stereocenters. The molecule has 2 saturated heterocycles. The maximum atomic E-state index is 13.0. The summed E-state index contributed by atoms with van der Waals surface area (Å²) in [6, 6.07) is 5.43. The molecule has 1 aromatic rings. The highest BCUT2D eigenvalue weighted by Gasteiger charge is 2.43. The van der Waals surface area contributed by atoms with E-state index < -0.39 is 0 Å². The molecule has 3 heterocycles. The summed E-state index contributed by atoms with van der Waals surface area (Å²) in [4.78, 5) is 31.8. The molecule has 3 fully saturated rings. The predicted molar refractivity (Wildman–Crippen MR) is 97.8 cm³/mol. The number of halogens is 1. The lowest BCUT2D eigenvalue weighted by molar-refractivity contribution is -0.133. The standard InChI is InChI=1S/C19H25N3O2.ClH/c23-18(15-8-3-4-10-20-15)17-9-5-11-22(17)19(24)16-12-13-6-1-2-7-14(13)21-16;/h3-4,8,10,13-14,16-17,21H,1-2,5-7,9,11-12H2;1H/t13-,14-,16-,17-;/m0./s1. The molecule has 1 saturated carbocycles. The van der Waals surface area contributed by atoms with Gasteiger partial charge in [0.05, 0.1) is 12.1 Å². The van der Waals surface area contributed by atoms with Crippen LogP contribution in [0, 0.1) is 5.92 Å². The first-order chi connectivity index (χ1) is 11.7. The third-order valence-corrected chi connectivity index (χ3v) is 5.92. The Labute approximate surface area is 155 Å². The van der Waals surface area contributed by atoms with Crippen LogP contribution in [0.1, 0.15) is 55.4 Å². The highest BCUT2D eigenvalue weighted by atomic mass is 35.5. The van der Waals surface area contributed by atoms with Crippen molar-refractivity contribution in [2.75, 3.05) is 6.54 Å². The van der Waals surface area contributed by atoms with Crippen molar-refractivity contribution in [1.82, 2.24) is 15.2 Å². The lowest BCUT2D eigenvalue weighted by Crippen LogP contribution is -2.49. The number of Topliss-reactive ketones (excluding diaryl/α,β-unsaturated/α-hetero) is 1. The molecule has 0 bridgehead atoms. The van der Waals surface area contributed by atoms with Gasteiger partial charge >= 0.3 is 0 Å². The highest BCUT2D eigenvalue weighted by molar-refractivity contribution is 6.01. The second-order valence-corrected chi connectivity index (χ2v) is 7.37. The third kappa shape index (κ3) is 3.58. The van der Waals surface area contributed by atoms with E-state index in [1.165, 1.54) is 25.7 Å². The Bertz CT molecular complexity index is 610. The summed E-state index contributed by atoms with van der Waals surface area (Å²) in [5.41, 5.74) is 0.468. The Balaban J connectivity index is 0.00000182. The van der Waals surface area contributed by atoms with E-state index in [-0.39, 0.29) is 36.2 Å². The lowest BCUT2D eigenvalue weighted by atomic mass is 9.85. The number of nitrogens with one attached hydrogen (secondary N) is 1. The van der Waals surface area contributed by atoms with Crippen LogP contribution in [0.25, 0.3) is 0 Å². The van der Waals surface area contributed by atoms with Crippen molar-refractivity contribution in [2.45, 2.75) is 63.1 Å². The van der Waals surface area contributed by atoms with Crippen molar-refractivity contribution in [3.8, 4) is 0 Å². The maximum absolute atomic E-state index is 13.0. The van der Waals surface area contributed by atoms with Gasteiger partial charge in [0, 0.05) is 18.8 Å². The second kappa shape index (κ2) is 7.83. The number of fused-ring (bicyclic) bond motifs is 1. The Morgan fingerprint density at radius 3 is 2.72 bits per heavy atom. The molecule has 3 aliphatic rings. The van der Waals surface area contributed by atoms with E-state index in [1.54, 1.807) is 18.3 Å². The van der Waals surface area contributed by atoms with Crippen LogP contribution in [0.5, 0.6) is 0 Å². The average Bonchev–Trinajstić information content (AvgIpc) is 3.28. The Kier molecular flexibility index (Phi) is 5.74. The van der Waals surface area contributed by atoms with E-state index in [0.717, 1.165) is 19.3 Å². The molecule has 6 heteroatoms. The highest BCUT2D eigenvalue weighted by Crippen LogP contribution is 2.34. The van der Waals surface area contributed by atoms with E-state index in [1.807, 2.05) is 11.0 Å². The van der Waals surface area contributed by atoms with Crippen LogP contribution in [0.2, 0.25) is 0 Å². The molecular weight excluding hydrogens is 338 g/mol. The monoisotopic (exact) mass is 363 g/mol. The number of aromatic nitrogens is 1. The summed E-state index contributed by atoms with van der Waals surface area (Å²) < 4.78 is 0. The van der Waals surface area contributed by atoms with Crippen LogP contribution in [0.15, 0.2) is 24.4 Å². The van der Waals surface area contributed by atoms with Gasteiger partial charge in [-0.1, -0.05) is 18.9 Å². The minimum absolute atomic E-state index is 0. The van der Waals surface area contributed by atoms with Crippen LogP contribution in [-0.2, 0) is 4.79 Å². The van der Waals surface area contributed by atoms with Gasteiger partial charge in [0.1, 0.15) is 5.69 Å². The van der Waals surface area contributed by atoms with Crippen LogP contribution in [0.3, 0.4) is 0 Å². The van der Waals surface area contributed by atoms with Gasteiger partial charge in [-0.05, 0) is 50.2 Å². The number of rotatable bonds is 3. The molecule has 4 atom stereocenters. The zero-order chi connectivity index (χ0) is 16.5. The zero-order valence-electron chi connectivity index (χ0n) is 14.4. The van der Waals surface area contributed by atoms with E-state index >= 15 is 0 Å². The minimum Gasteiger partial charge on any atom is -0.331 e. The number of hydrogen-bond donors (Lipinski definition) is 1. The van der Waals surface area contributed by atoms with Crippen LogP contribution < -0.4 is 5.32 Å². The summed E-state index contributed by atoms with van der Waals surface area (Å²) in [5.74, 6) is 0.744. The Hall–Kier alpha value is -1.46. The van der Waals surface area contributed by atoms with Crippen LogP contribution in [-0.4, -0.2) is 46.2 Å². The predicted octanol–water partition coefficient (Wildman–Crippen LogP) is 2.60. The molecule has 136 valence electrons. The van der Waals surface area contributed by atoms with E-state index in [0.29, 0.717) is 24.2 Å². The summed E-state index contributed by atoms with van der Waals surface area (Å²) in [7, 11) is 0. The second-order valence-electron chi connectivity index (χ2n) is 7.37. The number of likely N-dealkylation sites (tertiary alicyclic amines) is 1. The maximum Gasteiger partial charge on any atom is 0.240 e. The van der Waals surface area contributed by atoms with Gasteiger partial charge in [0.2, 0.25) is 11.7 Å². The molecule has 4 rings (SSSR count). The number of carbonyl (C=O) groups excluding carboxylic acids is 2. The van der Waals surface area contributed by atoms with Crippen LogP contribution in [0.4, 0.5) is 0 Å². The summed E-state index contributed by atoms with van der Waals surface area (Å²) in [5, 5.41) is 3.55. The van der Waals surface area contributed by atoms with Crippen molar-refractivity contribution in [3.05, 3.63) is 30.1 Å². The molecule has 1 amide bonds. The largest absolute Gasteiger partial charge is 0.331 e. The van der Waals surface area contributed by atoms with Gasteiger partial charge in [0.25, 0.3) is 0 Å². The van der Waals surface area contributed by atoms with E-state index in [4.69, 9.17) is 0 Å². The number of hydrogen-bond acceptors (Lipinski definition) is 4. The van der Waals surface area contributed by atoms with Crippen molar-refractivity contribution < 1.29 is 9.59 Å². The van der Waals surface area contributed by atoms with E-state index in [2.05, 4.69) is 10.3 Å². The Morgan fingerprint density at radius 2 is 1.96 bits per heavy atom. The molecule has 0 radical (unpaired) electrons. The first-order valence-electron chi connectivity index (χ1n) is 9.26. The fourth-order valence-electron chi connectivity index (χ4n) is 4.69. The smallest absolute Gasteiger partial charge is 0.240 e. The van der Waals surface area contributed by atoms with Crippen molar-refractivity contribution >= 4 is 24.1 Å². The quantitative estimate of drug-likeness (QED) is 0.838. The Morgan fingerprint density at radius 1 is 1.12 bits per heavy atom. The van der Waals surface area contributed by atoms with Gasteiger partial charge in [-0.25, -0.2) is 0 Å². The molecule has 1 aromatic heterocycles. The zero-order valence-corrected chi connectivity index (χ0v) is 15.2. The lowest BCUT2D eigenvalue weighted by Gasteiger charge is -2.27. The molecule has 5 nitrogen and oxygen atoms in total. The molecule has 2 aliphatic heterocycles. The van der Waals surface area contributed by atoms with Crippen molar-refractivity contribution in [2.24, 2.45) is 5.92 Å². The number of nitrogens with zero attached hydrogens (tertiary/aromatic N) is 2. The molecule has 25 heavy (non-hydrogen) atoms. The SMILES string of the molecule is Cl.O=C(c1ccccn1)[C@@H]1CCCN1C(=O)[C@@H]1C[C@@H]2CCCC[C@@H]2N1. The fourth-order valence-corrected chi connectivity index (χ4v) is 4.69.